The number of anilines is 2. The van der Waals surface area contributed by atoms with E-state index in [9.17, 15) is 0 Å². The first kappa shape index (κ1) is 12.2. The lowest BCUT2D eigenvalue weighted by atomic mass is 10.2. The van der Waals surface area contributed by atoms with Crippen molar-refractivity contribution in [3.8, 4) is 0 Å². The van der Waals surface area contributed by atoms with Crippen molar-refractivity contribution in [1.29, 1.82) is 0 Å². The number of nitrogens with one attached hydrogen (secondary N) is 2. The van der Waals surface area contributed by atoms with Crippen molar-refractivity contribution in [3.63, 3.8) is 0 Å². The number of aromatic nitrogens is 2. The number of rotatable bonds is 5. The van der Waals surface area contributed by atoms with Crippen LogP contribution in [0.1, 0.15) is 26.7 Å². The van der Waals surface area contributed by atoms with Crippen LogP contribution in [0.5, 0.6) is 0 Å². The predicted molar refractivity (Wildman–Crippen MR) is 79.5 cm³/mol. The van der Waals surface area contributed by atoms with Gasteiger partial charge in [0.1, 0.15) is 5.82 Å². The molecule has 0 bridgehead atoms. The summed E-state index contributed by atoms with van der Waals surface area (Å²) in [7, 11) is 0. The number of benzene rings is 1. The molecular weight excluding hydrogens is 236 g/mol. The summed E-state index contributed by atoms with van der Waals surface area (Å²) >= 11 is 0. The molecule has 1 saturated carbocycles. The minimum Gasteiger partial charge on any atom is -0.366 e. The molecule has 0 spiro atoms. The maximum absolute atomic E-state index is 4.62. The van der Waals surface area contributed by atoms with Crippen LogP contribution in [0.25, 0.3) is 10.9 Å². The molecule has 1 aliphatic carbocycles. The Labute approximate surface area is 113 Å². The van der Waals surface area contributed by atoms with E-state index >= 15 is 0 Å². The van der Waals surface area contributed by atoms with Gasteiger partial charge in [-0.2, -0.15) is 4.98 Å². The van der Waals surface area contributed by atoms with E-state index in [0.29, 0.717) is 6.04 Å². The molecule has 1 fully saturated rings. The molecule has 0 amide bonds. The second-order valence-corrected chi connectivity index (χ2v) is 5.30. The highest BCUT2D eigenvalue weighted by atomic mass is 15.2. The van der Waals surface area contributed by atoms with Crippen LogP contribution in [-0.2, 0) is 0 Å². The van der Waals surface area contributed by atoms with Crippen molar-refractivity contribution in [2.75, 3.05) is 17.2 Å². The molecule has 4 nitrogen and oxygen atoms in total. The second-order valence-electron chi connectivity index (χ2n) is 5.30. The Morgan fingerprint density at radius 3 is 2.79 bits per heavy atom. The molecule has 1 aromatic carbocycles. The normalized spacial score (nSPS) is 21.4. The van der Waals surface area contributed by atoms with E-state index in [0.717, 1.165) is 41.6 Å². The van der Waals surface area contributed by atoms with Crippen molar-refractivity contribution in [1.82, 2.24) is 9.97 Å². The molecule has 1 aliphatic rings. The van der Waals surface area contributed by atoms with Crippen LogP contribution in [0.4, 0.5) is 11.8 Å². The first-order valence-electron chi connectivity index (χ1n) is 7.05. The lowest BCUT2D eigenvalue weighted by Gasteiger charge is -2.11. The molecule has 100 valence electrons. The van der Waals surface area contributed by atoms with Crippen molar-refractivity contribution in [2.45, 2.75) is 32.7 Å². The molecule has 2 unspecified atom stereocenters. The van der Waals surface area contributed by atoms with Gasteiger partial charge < -0.3 is 10.6 Å². The maximum atomic E-state index is 4.62. The number of para-hydroxylation sites is 1. The topological polar surface area (TPSA) is 49.8 Å². The molecule has 2 N–H and O–H groups in total. The van der Waals surface area contributed by atoms with Gasteiger partial charge in [-0.25, -0.2) is 4.98 Å². The molecule has 1 heterocycles. The van der Waals surface area contributed by atoms with Crippen molar-refractivity contribution in [3.05, 3.63) is 24.3 Å². The molecule has 2 aromatic rings. The standard InChI is InChI=1S/C15H20N4/c1-3-8-16-15-18-12-7-5-4-6-11(12)14(19-15)17-13-9-10(13)2/h4-7,10,13H,3,8-9H2,1-2H3,(H2,16,17,18,19). The van der Waals surface area contributed by atoms with E-state index in [1.165, 1.54) is 6.42 Å². The first-order chi connectivity index (χ1) is 9.28. The van der Waals surface area contributed by atoms with Gasteiger partial charge in [0.05, 0.1) is 5.52 Å². The Morgan fingerprint density at radius 1 is 1.26 bits per heavy atom. The van der Waals surface area contributed by atoms with Gasteiger partial charge in [-0.15, -0.1) is 0 Å². The zero-order valence-corrected chi connectivity index (χ0v) is 11.5. The third kappa shape index (κ3) is 2.62. The Hall–Kier alpha value is -1.84. The number of hydrogen-bond donors (Lipinski definition) is 2. The van der Waals surface area contributed by atoms with Crippen molar-refractivity contribution in [2.24, 2.45) is 5.92 Å². The molecule has 0 radical (unpaired) electrons. The fraction of sp³-hybridized carbons (Fsp3) is 0.467. The smallest absolute Gasteiger partial charge is 0.225 e. The average molecular weight is 256 g/mol. The Kier molecular flexibility index (Phi) is 3.23. The number of fused-ring (bicyclic) bond motifs is 1. The molecule has 3 rings (SSSR count). The van der Waals surface area contributed by atoms with E-state index < -0.39 is 0 Å². The molecule has 4 heteroatoms. The van der Waals surface area contributed by atoms with Gasteiger partial charge >= 0.3 is 0 Å². The Bertz CT molecular complexity index is 581. The SMILES string of the molecule is CCCNc1nc(NC2CC2C)c2ccccc2n1. The summed E-state index contributed by atoms with van der Waals surface area (Å²) in [6.07, 6.45) is 2.30. The Balaban J connectivity index is 1.95. The number of nitrogens with zero attached hydrogens (tertiary/aromatic N) is 2. The summed E-state index contributed by atoms with van der Waals surface area (Å²) in [5.41, 5.74) is 0.993. The summed E-state index contributed by atoms with van der Waals surface area (Å²) in [5.74, 6) is 2.43. The van der Waals surface area contributed by atoms with E-state index in [4.69, 9.17) is 0 Å². The summed E-state index contributed by atoms with van der Waals surface area (Å²) in [5, 5.41) is 7.90. The van der Waals surface area contributed by atoms with Gasteiger partial charge in [-0.05, 0) is 30.9 Å². The summed E-state index contributed by atoms with van der Waals surface area (Å²) in [4.78, 5) is 9.18. The van der Waals surface area contributed by atoms with Gasteiger partial charge in [0, 0.05) is 18.0 Å². The quantitative estimate of drug-likeness (QED) is 0.862. The average Bonchev–Trinajstić information content (AvgIpc) is 3.12. The van der Waals surface area contributed by atoms with E-state index in [2.05, 4.69) is 40.5 Å². The minimum atomic E-state index is 0.567. The molecule has 1 aromatic heterocycles. The molecule has 0 aliphatic heterocycles. The van der Waals surface area contributed by atoms with Crippen LogP contribution in [0.15, 0.2) is 24.3 Å². The van der Waals surface area contributed by atoms with Crippen molar-refractivity contribution >= 4 is 22.7 Å². The predicted octanol–water partition coefficient (Wildman–Crippen LogP) is 3.27. The number of hydrogen-bond acceptors (Lipinski definition) is 4. The van der Waals surface area contributed by atoms with Gasteiger partial charge in [-0.1, -0.05) is 26.0 Å². The minimum absolute atomic E-state index is 0.567. The van der Waals surface area contributed by atoms with Gasteiger partial charge in [0.15, 0.2) is 0 Å². The van der Waals surface area contributed by atoms with Gasteiger partial charge in [0.25, 0.3) is 0 Å². The fourth-order valence-electron chi connectivity index (χ4n) is 2.20. The van der Waals surface area contributed by atoms with Gasteiger partial charge in [0.2, 0.25) is 5.95 Å². The summed E-state index contributed by atoms with van der Waals surface area (Å²) < 4.78 is 0. The zero-order chi connectivity index (χ0) is 13.2. The lowest BCUT2D eigenvalue weighted by molar-refractivity contribution is 0.920. The van der Waals surface area contributed by atoms with Crippen LogP contribution in [0.2, 0.25) is 0 Å². The Morgan fingerprint density at radius 2 is 2.05 bits per heavy atom. The third-order valence-electron chi connectivity index (χ3n) is 3.57. The zero-order valence-electron chi connectivity index (χ0n) is 11.5. The fourth-order valence-corrected chi connectivity index (χ4v) is 2.20. The molecule has 0 saturated heterocycles. The molecule has 2 atom stereocenters. The second kappa shape index (κ2) is 5.03. The van der Waals surface area contributed by atoms with Gasteiger partial charge in [-0.3, -0.25) is 0 Å². The van der Waals surface area contributed by atoms with E-state index in [1.807, 2.05) is 18.2 Å². The lowest BCUT2D eigenvalue weighted by Crippen LogP contribution is -2.10. The van der Waals surface area contributed by atoms with E-state index in [1.54, 1.807) is 0 Å². The van der Waals surface area contributed by atoms with Crippen molar-refractivity contribution < 1.29 is 0 Å². The highest BCUT2D eigenvalue weighted by molar-refractivity contribution is 5.90. The highest BCUT2D eigenvalue weighted by Gasteiger charge is 2.33. The third-order valence-corrected chi connectivity index (χ3v) is 3.57. The van der Waals surface area contributed by atoms with Crippen LogP contribution >= 0.6 is 0 Å². The van der Waals surface area contributed by atoms with Crippen LogP contribution in [-0.4, -0.2) is 22.6 Å². The molecule has 19 heavy (non-hydrogen) atoms. The first-order valence-corrected chi connectivity index (χ1v) is 7.05. The van der Waals surface area contributed by atoms with Crippen LogP contribution in [0, 0.1) is 5.92 Å². The highest BCUT2D eigenvalue weighted by Crippen LogP contribution is 2.34. The summed E-state index contributed by atoms with van der Waals surface area (Å²) in [6.45, 7) is 5.30. The largest absolute Gasteiger partial charge is 0.366 e. The maximum Gasteiger partial charge on any atom is 0.225 e. The van der Waals surface area contributed by atoms with E-state index in [-0.39, 0.29) is 0 Å². The van der Waals surface area contributed by atoms with Crippen LogP contribution < -0.4 is 10.6 Å². The monoisotopic (exact) mass is 256 g/mol. The summed E-state index contributed by atoms with van der Waals surface area (Å²) in [6, 6.07) is 8.73. The van der Waals surface area contributed by atoms with Crippen LogP contribution in [0.3, 0.4) is 0 Å². The molecular formula is C15H20N4.